The topological polar surface area (TPSA) is 66.4 Å². The predicted molar refractivity (Wildman–Crippen MR) is 78.9 cm³/mol. The molecule has 128 valence electrons. The quantitative estimate of drug-likeness (QED) is 0.804. The van der Waals surface area contributed by atoms with Gasteiger partial charge in [0.25, 0.3) is 0 Å². The van der Waals surface area contributed by atoms with E-state index in [0.717, 1.165) is 12.1 Å². The number of alkyl halides is 3. The molecule has 0 saturated heterocycles. The Hall–Kier alpha value is -2.05. The molecule has 4 nitrogen and oxygen atoms in total. The predicted octanol–water partition coefficient (Wildman–Crippen LogP) is 3.43. The number of aliphatic carboxylic acids is 1. The van der Waals surface area contributed by atoms with E-state index >= 15 is 0 Å². The molecule has 2 unspecified atom stereocenters. The number of benzene rings is 1. The molecular weight excluding hydrogens is 311 g/mol. The van der Waals surface area contributed by atoms with Gasteiger partial charge in [-0.05, 0) is 23.5 Å². The van der Waals surface area contributed by atoms with Gasteiger partial charge in [-0.2, -0.15) is 13.2 Å². The molecule has 0 fully saturated rings. The Morgan fingerprint density at radius 2 is 1.87 bits per heavy atom. The number of amides is 1. The Kier molecular flexibility index (Phi) is 6.60. The van der Waals surface area contributed by atoms with E-state index in [0.29, 0.717) is 5.56 Å². The van der Waals surface area contributed by atoms with Crippen molar-refractivity contribution in [1.29, 1.82) is 0 Å². The van der Waals surface area contributed by atoms with Crippen LogP contribution in [0.2, 0.25) is 0 Å². The fourth-order valence-corrected chi connectivity index (χ4v) is 2.15. The molecule has 1 rings (SSSR count). The average molecular weight is 331 g/mol. The summed E-state index contributed by atoms with van der Waals surface area (Å²) in [5.74, 6) is -1.83. The van der Waals surface area contributed by atoms with E-state index < -0.39 is 17.7 Å². The van der Waals surface area contributed by atoms with Crippen molar-refractivity contribution in [3.05, 3.63) is 35.4 Å². The second kappa shape index (κ2) is 7.99. The van der Waals surface area contributed by atoms with Gasteiger partial charge in [-0.25, -0.2) is 0 Å². The molecule has 0 saturated carbocycles. The van der Waals surface area contributed by atoms with Crippen LogP contribution in [0.1, 0.15) is 43.7 Å². The van der Waals surface area contributed by atoms with Gasteiger partial charge in [-0.1, -0.05) is 32.0 Å². The van der Waals surface area contributed by atoms with Crippen molar-refractivity contribution in [3.63, 3.8) is 0 Å². The molecule has 0 bridgehead atoms. The smallest absolute Gasteiger partial charge is 0.416 e. The standard InChI is InChI=1S/C16H20F3NO3/c1-10(6-15(22)23)9-20-14(21)7-11(2)12-4-3-5-13(8-12)16(17,18)19/h3-5,8,10-11H,6-7,9H2,1-2H3,(H,20,21)(H,22,23). The number of carbonyl (C=O) groups excluding carboxylic acids is 1. The van der Waals surface area contributed by atoms with Crippen LogP contribution in [0.15, 0.2) is 24.3 Å². The maximum Gasteiger partial charge on any atom is 0.416 e. The van der Waals surface area contributed by atoms with Crippen molar-refractivity contribution in [1.82, 2.24) is 5.32 Å². The Bertz CT molecular complexity index is 558. The molecule has 2 N–H and O–H groups in total. The van der Waals surface area contributed by atoms with Gasteiger partial charge in [0, 0.05) is 19.4 Å². The minimum absolute atomic E-state index is 0.0428. The summed E-state index contributed by atoms with van der Waals surface area (Å²) in [6, 6.07) is 4.91. The molecule has 0 aliphatic heterocycles. The van der Waals surface area contributed by atoms with E-state index in [1.807, 2.05) is 0 Å². The molecule has 0 radical (unpaired) electrons. The van der Waals surface area contributed by atoms with Crippen LogP contribution in [0.4, 0.5) is 13.2 Å². The van der Waals surface area contributed by atoms with Gasteiger partial charge in [0.15, 0.2) is 0 Å². The normalized spacial score (nSPS) is 14.1. The number of rotatable bonds is 7. The molecule has 1 aromatic carbocycles. The largest absolute Gasteiger partial charge is 0.481 e. The molecule has 0 heterocycles. The van der Waals surface area contributed by atoms with Crippen molar-refractivity contribution >= 4 is 11.9 Å². The lowest BCUT2D eigenvalue weighted by atomic mass is 9.95. The van der Waals surface area contributed by atoms with Gasteiger partial charge in [-0.15, -0.1) is 0 Å². The second-order valence-corrected chi connectivity index (χ2v) is 5.74. The zero-order valence-electron chi connectivity index (χ0n) is 13.0. The first-order valence-electron chi connectivity index (χ1n) is 7.25. The van der Waals surface area contributed by atoms with E-state index in [1.165, 1.54) is 6.07 Å². The van der Waals surface area contributed by atoms with Crippen molar-refractivity contribution in [2.75, 3.05) is 6.54 Å². The zero-order valence-corrected chi connectivity index (χ0v) is 13.0. The number of carboxylic acids is 1. The van der Waals surface area contributed by atoms with Crippen LogP contribution in [-0.4, -0.2) is 23.5 Å². The first-order valence-corrected chi connectivity index (χ1v) is 7.25. The summed E-state index contributed by atoms with van der Waals surface area (Å²) in [6.07, 6.45) is -4.42. The Labute approximate surface area is 132 Å². The van der Waals surface area contributed by atoms with Gasteiger partial charge in [-0.3, -0.25) is 9.59 Å². The number of halogens is 3. The lowest BCUT2D eigenvalue weighted by Gasteiger charge is -2.15. The van der Waals surface area contributed by atoms with Crippen LogP contribution in [-0.2, 0) is 15.8 Å². The Balaban J connectivity index is 2.57. The molecule has 0 aromatic heterocycles. The first kappa shape index (κ1) is 19.0. The van der Waals surface area contributed by atoms with Crippen molar-refractivity contribution in [2.24, 2.45) is 5.92 Å². The van der Waals surface area contributed by atoms with E-state index in [1.54, 1.807) is 19.9 Å². The highest BCUT2D eigenvalue weighted by atomic mass is 19.4. The third kappa shape index (κ3) is 6.71. The fraction of sp³-hybridized carbons (Fsp3) is 0.500. The van der Waals surface area contributed by atoms with E-state index in [2.05, 4.69) is 5.32 Å². The molecule has 1 amide bonds. The summed E-state index contributed by atoms with van der Waals surface area (Å²) in [5.41, 5.74) is -0.300. The zero-order chi connectivity index (χ0) is 17.6. The summed E-state index contributed by atoms with van der Waals surface area (Å²) < 4.78 is 38.0. The highest BCUT2D eigenvalue weighted by Crippen LogP contribution is 2.31. The van der Waals surface area contributed by atoms with Crippen LogP contribution < -0.4 is 5.32 Å². The van der Waals surface area contributed by atoms with Gasteiger partial charge >= 0.3 is 12.1 Å². The third-order valence-corrected chi connectivity index (χ3v) is 3.45. The van der Waals surface area contributed by atoms with Gasteiger partial charge in [0.05, 0.1) is 5.56 Å². The number of carboxylic acid groups (broad SMARTS) is 1. The lowest BCUT2D eigenvalue weighted by molar-refractivity contribution is -0.138. The van der Waals surface area contributed by atoms with E-state index in [4.69, 9.17) is 5.11 Å². The molecule has 0 spiro atoms. The molecule has 2 atom stereocenters. The Morgan fingerprint density at radius 3 is 2.43 bits per heavy atom. The maximum absolute atomic E-state index is 12.7. The van der Waals surface area contributed by atoms with Crippen molar-refractivity contribution in [3.8, 4) is 0 Å². The van der Waals surface area contributed by atoms with Gasteiger partial charge in [0.1, 0.15) is 0 Å². The maximum atomic E-state index is 12.7. The summed E-state index contributed by atoms with van der Waals surface area (Å²) in [7, 11) is 0. The number of hydrogen-bond donors (Lipinski definition) is 2. The third-order valence-electron chi connectivity index (χ3n) is 3.45. The highest BCUT2D eigenvalue weighted by molar-refractivity contribution is 5.77. The molecule has 0 aliphatic rings. The van der Waals surface area contributed by atoms with Crippen LogP contribution in [0.3, 0.4) is 0 Å². The SMILES string of the molecule is CC(CNC(=O)CC(C)c1cccc(C(F)(F)F)c1)CC(=O)O. The molecule has 23 heavy (non-hydrogen) atoms. The number of hydrogen-bond acceptors (Lipinski definition) is 2. The van der Waals surface area contributed by atoms with Gasteiger partial charge in [0.2, 0.25) is 5.91 Å². The minimum atomic E-state index is -4.41. The minimum Gasteiger partial charge on any atom is -0.481 e. The van der Waals surface area contributed by atoms with Crippen molar-refractivity contribution in [2.45, 2.75) is 38.8 Å². The van der Waals surface area contributed by atoms with Crippen LogP contribution in [0, 0.1) is 5.92 Å². The first-order chi connectivity index (χ1) is 10.6. The lowest BCUT2D eigenvalue weighted by Crippen LogP contribution is -2.30. The van der Waals surface area contributed by atoms with E-state index in [9.17, 15) is 22.8 Å². The Morgan fingerprint density at radius 1 is 1.22 bits per heavy atom. The second-order valence-electron chi connectivity index (χ2n) is 5.74. The molecule has 1 aromatic rings. The summed E-state index contributed by atoms with van der Waals surface area (Å²) >= 11 is 0. The van der Waals surface area contributed by atoms with Crippen LogP contribution in [0.25, 0.3) is 0 Å². The van der Waals surface area contributed by atoms with Crippen LogP contribution >= 0.6 is 0 Å². The monoisotopic (exact) mass is 331 g/mol. The number of carbonyl (C=O) groups is 2. The molecular formula is C16H20F3NO3. The summed E-state index contributed by atoms with van der Waals surface area (Å²) in [6.45, 7) is 3.60. The molecule has 0 aliphatic carbocycles. The summed E-state index contributed by atoms with van der Waals surface area (Å²) in [5, 5.41) is 11.2. The average Bonchev–Trinajstić information content (AvgIpc) is 2.43. The molecule has 7 heteroatoms. The van der Waals surface area contributed by atoms with Gasteiger partial charge < -0.3 is 10.4 Å². The van der Waals surface area contributed by atoms with Crippen LogP contribution in [0.5, 0.6) is 0 Å². The number of nitrogens with one attached hydrogen (secondary N) is 1. The van der Waals surface area contributed by atoms with E-state index in [-0.39, 0.29) is 37.1 Å². The highest BCUT2D eigenvalue weighted by Gasteiger charge is 2.30. The summed E-state index contributed by atoms with van der Waals surface area (Å²) in [4.78, 5) is 22.3. The fourth-order valence-electron chi connectivity index (χ4n) is 2.15. The van der Waals surface area contributed by atoms with Crippen molar-refractivity contribution < 1.29 is 27.9 Å².